The molecule has 136 valence electrons. The minimum absolute atomic E-state index is 0.157. The Bertz CT molecular complexity index is 919. The molecule has 3 nitrogen and oxygen atoms in total. The van der Waals surface area contributed by atoms with Gasteiger partial charge in [-0.3, -0.25) is 0 Å². The number of sulfonamides is 1. The first-order chi connectivity index (χ1) is 12.3. The van der Waals surface area contributed by atoms with E-state index in [2.05, 4.69) is 12.0 Å². The van der Waals surface area contributed by atoms with Gasteiger partial charge in [-0.1, -0.05) is 61.2 Å². The van der Waals surface area contributed by atoms with E-state index in [1.165, 1.54) is 4.31 Å². The van der Waals surface area contributed by atoms with Gasteiger partial charge < -0.3 is 0 Å². The number of nitrogens with zero attached hydrogens (tertiary/aromatic N) is 1. The van der Waals surface area contributed by atoms with E-state index in [4.69, 9.17) is 11.6 Å². The van der Waals surface area contributed by atoms with Crippen LogP contribution >= 0.6 is 11.6 Å². The Hall–Kier alpha value is -2.22. The van der Waals surface area contributed by atoms with Crippen LogP contribution in [-0.2, 0) is 10.0 Å². The molecule has 2 rings (SSSR count). The SMILES string of the molecule is Cc1ccc(S(=O)(=O)N(C#C/C=C/c2ccc(Cl)cc2)CC(C)C)cc1. The number of hydrogen-bond acceptors (Lipinski definition) is 2. The van der Waals surface area contributed by atoms with Crippen LogP contribution in [0, 0.1) is 24.8 Å². The predicted octanol–water partition coefficient (Wildman–Crippen LogP) is 4.97. The van der Waals surface area contributed by atoms with Crippen LogP contribution < -0.4 is 0 Å². The first kappa shape index (κ1) is 20.1. The van der Waals surface area contributed by atoms with Crippen molar-refractivity contribution in [1.29, 1.82) is 0 Å². The molecular weight excluding hydrogens is 366 g/mol. The number of benzene rings is 2. The van der Waals surface area contributed by atoms with E-state index in [0.29, 0.717) is 11.6 Å². The van der Waals surface area contributed by atoms with Gasteiger partial charge in [0.05, 0.1) is 4.90 Å². The van der Waals surface area contributed by atoms with Crippen molar-refractivity contribution in [3.63, 3.8) is 0 Å². The summed E-state index contributed by atoms with van der Waals surface area (Å²) >= 11 is 5.86. The molecule has 0 unspecified atom stereocenters. The molecule has 0 bridgehead atoms. The normalized spacial score (nSPS) is 11.4. The molecule has 0 atom stereocenters. The van der Waals surface area contributed by atoms with Crippen molar-refractivity contribution in [1.82, 2.24) is 4.31 Å². The maximum absolute atomic E-state index is 12.9. The summed E-state index contributed by atoms with van der Waals surface area (Å²) in [4.78, 5) is 0.250. The Balaban J connectivity index is 2.25. The Morgan fingerprint density at radius 2 is 1.69 bits per heavy atom. The van der Waals surface area contributed by atoms with Gasteiger partial charge in [0.25, 0.3) is 10.0 Å². The highest BCUT2D eigenvalue weighted by molar-refractivity contribution is 7.89. The standard InChI is InChI=1S/C21H22ClNO2S/c1-17(2)16-23(26(24,25)21-13-7-18(3)8-14-21)15-5-4-6-19-9-11-20(22)12-10-19/h4,6-14,17H,16H2,1-3H3/b6-4+. The lowest BCUT2D eigenvalue weighted by Crippen LogP contribution is -2.30. The summed E-state index contributed by atoms with van der Waals surface area (Å²) in [5.74, 6) is 2.98. The van der Waals surface area contributed by atoms with Crippen LogP contribution in [0.1, 0.15) is 25.0 Å². The van der Waals surface area contributed by atoms with Gasteiger partial charge in [-0.2, -0.15) is 0 Å². The molecule has 5 heteroatoms. The third kappa shape index (κ3) is 5.66. The summed E-state index contributed by atoms with van der Waals surface area (Å²) in [7, 11) is -3.66. The van der Waals surface area contributed by atoms with E-state index in [-0.39, 0.29) is 10.8 Å². The first-order valence-corrected chi connectivity index (χ1v) is 10.1. The van der Waals surface area contributed by atoms with Crippen molar-refractivity contribution in [3.05, 3.63) is 70.8 Å². The number of allylic oxidation sites excluding steroid dienone is 1. The zero-order valence-electron chi connectivity index (χ0n) is 15.1. The lowest BCUT2D eigenvalue weighted by atomic mass is 10.2. The summed E-state index contributed by atoms with van der Waals surface area (Å²) in [6, 6.07) is 16.9. The van der Waals surface area contributed by atoms with E-state index < -0.39 is 10.0 Å². The minimum atomic E-state index is -3.66. The average molecular weight is 388 g/mol. The van der Waals surface area contributed by atoms with Crippen molar-refractivity contribution in [2.24, 2.45) is 5.92 Å². The van der Waals surface area contributed by atoms with Crippen LogP contribution in [0.15, 0.2) is 59.5 Å². The molecule has 0 saturated carbocycles. The van der Waals surface area contributed by atoms with Gasteiger partial charge in [0.15, 0.2) is 0 Å². The summed E-state index contributed by atoms with van der Waals surface area (Å²) in [6.45, 7) is 6.17. The summed E-state index contributed by atoms with van der Waals surface area (Å²) in [5.41, 5.74) is 1.96. The van der Waals surface area contributed by atoms with E-state index in [1.54, 1.807) is 42.5 Å². The molecule has 0 heterocycles. The third-order valence-corrected chi connectivity index (χ3v) is 5.50. The monoisotopic (exact) mass is 387 g/mol. The Morgan fingerprint density at radius 3 is 2.27 bits per heavy atom. The van der Waals surface area contributed by atoms with E-state index in [0.717, 1.165) is 11.1 Å². The van der Waals surface area contributed by atoms with Gasteiger partial charge in [-0.25, -0.2) is 12.7 Å². The van der Waals surface area contributed by atoms with Crippen LogP contribution in [0.2, 0.25) is 5.02 Å². The Kier molecular flexibility index (Phi) is 6.90. The molecule has 0 fully saturated rings. The van der Waals surface area contributed by atoms with Crippen LogP contribution in [0.5, 0.6) is 0 Å². The molecule has 0 aliphatic heterocycles. The fourth-order valence-corrected chi connectivity index (χ4v) is 3.72. The maximum Gasteiger partial charge on any atom is 0.270 e. The third-order valence-electron chi connectivity index (χ3n) is 3.56. The topological polar surface area (TPSA) is 37.4 Å². The van der Waals surface area contributed by atoms with Crippen LogP contribution in [0.25, 0.3) is 6.08 Å². The molecule has 0 aliphatic rings. The molecule has 0 spiro atoms. The van der Waals surface area contributed by atoms with Gasteiger partial charge in [-0.15, -0.1) is 0 Å². The molecule has 0 radical (unpaired) electrons. The predicted molar refractivity (Wildman–Crippen MR) is 108 cm³/mol. The zero-order valence-corrected chi connectivity index (χ0v) is 16.7. The van der Waals surface area contributed by atoms with Crippen molar-refractivity contribution < 1.29 is 8.42 Å². The highest BCUT2D eigenvalue weighted by Gasteiger charge is 2.22. The highest BCUT2D eigenvalue weighted by atomic mass is 35.5. The summed E-state index contributed by atoms with van der Waals surface area (Å²) < 4.78 is 26.9. The number of rotatable bonds is 5. The smallest absolute Gasteiger partial charge is 0.224 e. The first-order valence-electron chi connectivity index (χ1n) is 8.32. The molecule has 0 saturated heterocycles. The van der Waals surface area contributed by atoms with Crippen molar-refractivity contribution in [3.8, 4) is 12.0 Å². The second-order valence-electron chi connectivity index (χ2n) is 6.38. The van der Waals surface area contributed by atoms with E-state index in [9.17, 15) is 8.42 Å². The average Bonchev–Trinajstić information content (AvgIpc) is 2.59. The van der Waals surface area contributed by atoms with Gasteiger partial charge in [0.2, 0.25) is 0 Å². The largest absolute Gasteiger partial charge is 0.270 e. The minimum Gasteiger partial charge on any atom is -0.224 e. The molecule has 2 aromatic carbocycles. The fraction of sp³-hybridized carbons (Fsp3) is 0.238. The van der Waals surface area contributed by atoms with Gasteiger partial charge in [0.1, 0.15) is 0 Å². The van der Waals surface area contributed by atoms with Crippen molar-refractivity contribution in [2.75, 3.05) is 6.54 Å². The zero-order chi connectivity index (χ0) is 19.2. The van der Waals surface area contributed by atoms with Crippen molar-refractivity contribution in [2.45, 2.75) is 25.7 Å². The van der Waals surface area contributed by atoms with Crippen LogP contribution in [0.3, 0.4) is 0 Å². The van der Waals surface area contributed by atoms with Crippen molar-refractivity contribution >= 4 is 27.7 Å². The highest BCUT2D eigenvalue weighted by Crippen LogP contribution is 2.17. The second-order valence-corrected chi connectivity index (χ2v) is 8.68. The Morgan fingerprint density at radius 1 is 1.08 bits per heavy atom. The van der Waals surface area contributed by atoms with Crippen LogP contribution in [0.4, 0.5) is 0 Å². The summed E-state index contributed by atoms with van der Waals surface area (Å²) in [5, 5.41) is 0.667. The fourth-order valence-electron chi connectivity index (χ4n) is 2.19. The molecule has 0 aliphatic carbocycles. The number of aryl methyl sites for hydroxylation is 1. The second kappa shape index (κ2) is 8.93. The molecule has 2 aromatic rings. The van der Waals surface area contributed by atoms with Crippen LogP contribution in [-0.4, -0.2) is 19.3 Å². The lowest BCUT2D eigenvalue weighted by molar-refractivity contribution is 0.457. The summed E-state index contributed by atoms with van der Waals surface area (Å²) in [6.07, 6.45) is 3.45. The van der Waals surface area contributed by atoms with Gasteiger partial charge >= 0.3 is 0 Å². The molecule has 0 aromatic heterocycles. The lowest BCUT2D eigenvalue weighted by Gasteiger charge is -2.19. The number of halogens is 1. The Labute approximate surface area is 161 Å². The molecule has 26 heavy (non-hydrogen) atoms. The number of hydrogen-bond donors (Lipinski definition) is 0. The molecule has 0 amide bonds. The maximum atomic E-state index is 12.9. The van der Waals surface area contributed by atoms with Gasteiger partial charge in [-0.05, 0) is 54.8 Å². The van der Waals surface area contributed by atoms with E-state index >= 15 is 0 Å². The molecular formula is C21H22ClNO2S. The van der Waals surface area contributed by atoms with E-state index in [1.807, 2.05) is 39.0 Å². The molecule has 0 N–H and O–H groups in total. The quantitative estimate of drug-likeness (QED) is 0.536. The van der Waals surface area contributed by atoms with Gasteiger partial charge in [0, 0.05) is 17.6 Å².